The van der Waals surface area contributed by atoms with Gasteiger partial charge in [-0.3, -0.25) is 24.0 Å². The summed E-state index contributed by atoms with van der Waals surface area (Å²) in [7, 11) is 2.39. The second-order valence-electron chi connectivity index (χ2n) is 9.64. The maximum absolute atomic E-state index is 11.9. The van der Waals surface area contributed by atoms with Crippen molar-refractivity contribution >= 4 is 98.6 Å². The molecule has 3 amide bonds. The number of amides is 3. The number of alkyl carbamates (subject to hydrolysis) is 1. The Balaban J connectivity index is 0.000000884. The molecule has 7 N–H and O–H groups in total. The van der Waals surface area contributed by atoms with Crippen LogP contribution in [0.25, 0.3) is 0 Å². The number of thiazole rings is 2. The van der Waals surface area contributed by atoms with Crippen LogP contribution in [0, 0.1) is 0 Å². The van der Waals surface area contributed by atoms with Crippen LogP contribution in [0.1, 0.15) is 40.1 Å². The number of esters is 2. The molecule has 48 heavy (non-hydrogen) atoms. The summed E-state index contributed by atoms with van der Waals surface area (Å²) < 4.78 is 14.1. The number of aromatic nitrogens is 2. The van der Waals surface area contributed by atoms with Gasteiger partial charge in [-0.2, -0.15) is 0 Å². The van der Waals surface area contributed by atoms with Gasteiger partial charge in [-0.15, -0.1) is 23.2 Å². The van der Waals surface area contributed by atoms with Crippen molar-refractivity contribution < 1.29 is 47.8 Å². The minimum atomic E-state index is -1.10. The number of rotatable bonds is 15. The summed E-state index contributed by atoms with van der Waals surface area (Å²) in [5.41, 5.74) is 4.72. The Kier molecular flexibility index (Phi) is 22.0. The second-order valence-corrected chi connectivity index (χ2v) is 12.6. The molecular weight excluding hydrogens is 719 g/mol. The molecule has 0 spiro atoms. The highest BCUT2D eigenvalue weighted by molar-refractivity contribution is 7.17. The number of aldehydes is 2. The summed E-state index contributed by atoms with van der Waals surface area (Å²) in [5, 5.41) is 13.9. The predicted octanol–water partition coefficient (Wildman–Crippen LogP) is 0.956. The number of anilines is 2. The number of halogens is 2. The minimum Gasteiger partial charge on any atom is -0.468 e. The molecule has 2 aromatic heterocycles. The summed E-state index contributed by atoms with van der Waals surface area (Å²) in [5.74, 6) is -2.10. The standard InChI is InChI=1S/C15H22N4O6S.C10H14N4O4S.CH2Cl2/c1-15(2,3)25-14(23)19-10(12(22)24-4)6-16-11(21)7-18-13-17-5-9(8-20)26-13;1-18-9(17)7(11)3-12-8(16)4-14-10-13-2-6(5-15)19-10;2-1-3/h5,8,10H,6-7H2,1-4H3,(H,16,21)(H,17,18)(H,19,23);2,5,7H,3-4,11H2,1H3,(H,12,16)(H,13,14);1H2/t10-;7-;/m00./s1. The van der Waals surface area contributed by atoms with Gasteiger partial charge in [0.05, 0.1) is 54.8 Å². The first kappa shape index (κ1) is 43.9. The monoisotopic (exact) mass is 756 g/mol. The molecular formula is C26H38Cl2N8O10S2. The van der Waals surface area contributed by atoms with Crippen LogP contribution in [0.15, 0.2) is 12.4 Å². The molecule has 0 unspecified atom stereocenters. The average molecular weight is 758 g/mol. The highest BCUT2D eigenvalue weighted by Gasteiger charge is 2.25. The number of carbonyl (C=O) groups excluding carboxylic acids is 7. The van der Waals surface area contributed by atoms with Crippen LogP contribution in [0.2, 0.25) is 0 Å². The van der Waals surface area contributed by atoms with E-state index in [1.54, 1.807) is 20.8 Å². The van der Waals surface area contributed by atoms with Crippen LogP contribution < -0.4 is 32.3 Å². The lowest BCUT2D eigenvalue weighted by Gasteiger charge is -2.22. The van der Waals surface area contributed by atoms with E-state index in [2.05, 4.69) is 46.0 Å². The Labute approximate surface area is 294 Å². The van der Waals surface area contributed by atoms with Crippen molar-refractivity contribution in [2.45, 2.75) is 38.5 Å². The third-order valence-corrected chi connectivity index (χ3v) is 6.54. The molecule has 0 aliphatic rings. The van der Waals surface area contributed by atoms with Crippen LogP contribution in [0.4, 0.5) is 15.1 Å². The van der Waals surface area contributed by atoms with Gasteiger partial charge in [0.15, 0.2) is 22.8 Å². The number of nitrogens with two attached hydrogens (primary N) is 1. The Morgan fingerprint density at radius 3 is 1.67 bits per heavy atom. The van der Waals surface area contributed by atoms with E-state index in [1.165, 1.54) is 26.6 Å². The van der Waals surface area contributed by atoms with Crippen molar-refractivity contribution in [1.29, 1.82) is 0 Å². The molecule has 0 aliphatic heterocycles. The topological polar surface area (TPSA) is 259 Å². The first-order valence-electron chi connectivity index (χ1n) is 13.5. The SMILES string of the molecule is COC(=O)[C@@H](N)CNC(=O)CNc1ncc(C=O)s1.COC(=O)[C@H](CNC(=O)CNc1ncc(C=O)s1)NC(=O)OC(C)(C)C.ClCCl. The zero-order chi connectivity index (χ0) is 36.7. The maximum atomic E-state index is 11.9. The van der Waals surface area contributed by atoms with Gasteiger partial charge in [-0.1, -0.05) is 22.7 Å². The molecule has 22 heteroatoms. The maximum Gasteiger partial charge on any atom is 0.408 e. The molecule has 0 radical (unpaired) electrons. The van der Waals surface area contributed by atoms with Gasteiger partial charge >= 0.3 is 18.0 Å². The van der Waals surface area contributed by atoms with Gasteiger partial charge in [-0.05, 0) is 20.8 Å². The largest absolute Gasteiger partial charge is 0.468 e. The van der Waals surface area contributed by atoms with Gasteiger partial charge in [0, 0.05) is 13.1 Å². The van der Waals surface area contributed by atoms with E-state index in [1.807, 2.05) is 0 Å². The first-order valence-corrected chi connectivity index (χ1v) is 16.2. The van der Waals surface area contributed by atoms with Crippen molar-refractivity contribution in [3.63, 3.8) is 0 Å². The summed E-state index contributed by atoms with van der Waals surface area (Å²) in [6.07, 6.45) is 3.33. The minimum absolute atomic E-state index is 0.00928. The summed E-state index contributed by atoms with van der Waals surface area (Å²) in [6.45, 7) is 4.71. The molecule has 0 saturated heterocycles. The molecule has 0 bridgehead atoms. The molecule has 268 valence electrons. The van der Waals surface area contributed by atoms with Crippen molar-refractivity contribution in [2.24, 2.45) is 5.73 Å². The van der Waals surface area contributed by atoms with Crippen LogP contribution in [0.3, 0.4) is 0 Å². The average Bonchev–Trinajstić information content (AvgIpc) is 3.72. The fourth-order valence-corrected chi connectivity index (χ4v) is 4.00. The molecule has 0 fully saturated rings. The van der Waals surface area contributed by atoms with Gasteiger partial charge in [0.2, 0.25) is 11.8 Å². The molecule has 2 heterocycles. The van der Waals surface area contributed by atoms with Crippen LogP contribution in [-0.4, -0.2) is 116 Å². The molecule has 0 aliphatic carbocycles. The molecule has 2 rings (SSSR count). The number of hydrogen-bond acceptors (Lipinski definition) is 17. The molecule has 18 nitrogen and oxygen atoms in total. The number of hydrogen-bond donors (Lipinski definition) is 6. The van der Waals surface area contributed by atoms with Gasteiger partial charge < -0.3 is 46.5 Å². The lowest BCUT2D eigenvalue weighted by molar-refractivity contribution is -0.143. The number of alkyl halides is 2. The molecule has 0 aromatic carbocycles. The van der Waals surface area contributed by atoms with E-state index in [-0.39, 0.29) is 37.4 Å². The number of nitrogens with zero attached hydrogens (tertiary/aromatic N) is 2. The highest BCUT2D eigenvalue weighted by Crippen LogP contribution is 2.16. The predicted molar refractivity (Wildman–Crippen MR) is 180 cm³/mol. The van der Waals surface area contributed by atoms with Crippen molar-refractivity contribution in [2.75, 3.05) is 56.4 Å². The number of ether oxygens (including phenoxy) is 3. The Bertz CT molecular complexity index is 1340. The Morgan fingerprint density at radius 2 is 1.29 bits per heavy atom. The first-order chi connectivity index (χ1) is 22.6. The molecule has 2 atom stereocenters. The number of nitrogens with one attached hydrogen (secondary N) is 5. The fraction of sp³-hybridized carbons (Fsp3) is 0.500. The van der Waals surface area contributed by atoms with Gasteiger partial charge in [0.25, 0.3) is 0 Å². The van der Waals surface area contributed by atoms with Crippen LogP contribution >= 0.6 is 45.9 Å². The lowest BCUT2D eigenvalue weighted by Crippen LogP contribution is -2.50. The summed E-state index contributed by atoms with van der Waals surface area (Å²) in [6, 6.07) is -1.99. The zero-order valence-electron chi connectivity index (χ0n) is 26.6. The molecule has 2 aromatic rings. The Hall–Kier alpha value is -4.11. The Morgan fingerprint density at radius 1 is 0.854 bits per heavy atom. The van der Waals surface area contributed by atoms with E-state index in [0.717, 1.165) is 22.7 Å². The number of carbonyl (C=O) groups is 7. The smallest absolute Gasteiger partial charge is 0.408 e. The van der Waals surface area contributed by atoms with E-state index in [9.17, 15) is 33.6 Å². The summed E-state index contributed by atoms with van der Waals surface area (Å²) in [4.78, 5) is 87.5. The normalized spacial score (nSPS) is 11.3. The third kappa shape index (κ3) is 20.2. The van der Waals surface area contributed by atoms with Crippen molar-refractivity contribution in [3.05, 3.63) is 22.1 Å². The van der Waals surface area contributed by atoms with Crippen molar-refractivity contribution in [3.8, 4) is 0 Å². The van der Waals surface area contributed by atoms with Crippen LogP contribution in [-0.2, 0) is 33.4 Å². The van der Waals surface area contributed by atoms with Crippen molar-refractivity contribution in [1.82, 2.24) is 25.9 Å². The van der Waals surface area contributed by atoms with E-state index in [0.29, 0.717) is 32.6 Å². The second kappa shape index (κ2) is 24.1. The van der Waals surface area contributed by atoms with Crippen LogP contribution in [0.5, 0.6) is 0 Å². The fourth-order valence-electron chi connectivity index (χ4n) is 2.74. The van der Waals surface area contributed by atoms with Gasteiger partial charge in [-0.25, -0.2) is 19.6 Å². The number of methoxy groups -OCH3 is 2. The third-order valence-electron chi connectivity index (χ3n) is 4.78. The van der Waals surface area contributed by atoms with Gasteiger partial charge in [0.1, 0.15) is 17.7 Å². The summed E-state index contributed by atoms with van der Waals surface area (Å²) >= 11 is 11.8. The zero-order valence-corrected chi connectivity index (χ0v) is 29.8. The quantitative estimate of drug-likeness (QED) is 0.0640. The van der Waals surface area contributed by atoms with E-state index < -0.39 is 41.6 Å². The highest BCUT2D eigenvalue weighted by atomic mass is 35.5. The van der Waals surface area contributed by atoms with E-state index >= 15 is 0 Å². The lowest BCUT2D eigenvalue weighted by atomic mass is 10.2. The molecule has 0 saturated carbocycles. The van der Waals surface area contributed by atoms with E-state index in [4.69, 9.17) is 33.7 Å².